The summed E-state index contributed by atoms with van der Waals surface area (Å²) in [6.45, 7) is 4.46. The third-order valence-corrected chi connectivity index (χ3v) is 9.71. The first kappa shape index (κ1) is 30.2. The van der Waals surface area contributed by atoms with E-state index in [0.717, 1.165) is 38.2 Å². The number of hydrogen-bond acceptors (Lipinski definition) is 9. The highest BCUT2D eigenvalue weighted by Gasteiger charge is 2.21. The molecule has 11 heteroatoms. The molecule has 3 aromatic carbocycles. The number of methoxy groups -OCH3 is 1. The van der Waals surface area contributed by atoms with Crippen molar-refractivity contribution in [2.75, 3.05) is 33.4 Å². The van der Waals surface area contributed by atoms with Crippen LogP contribution in [0, 0.1) is 0 Å². The third kappa shape index (κ3) is 6.72. The molecule has 1 aliphatic rings. The van der Waals surface area contributed by atoms with Crippen LogP contribution in [-0.2, 0) is 4.74 Å². The second-order valence-electron chi connectivity index (χ2n) is 11.8. The van der Waals surface area contributed by atoms with Gasteiger partial charge in [0.1, 0.15) is 16.0 Å². The molecule has 1 aliphatic heterocycles. The first-order valence-corrected chi connectivity index (χ1v) is 16.8. The monoisotopic (exact) mass is 635 g/mol. The smallest absolute Gasteiger partial charge is 0.365 e. The highest BCUT2D eigenvalue weighted by atomic mass is 32.1. The van der Waals surface area contributed by atoms with Crippen LogP contribution in [0.2, 0.25) is 0 Å². The van der Waals surface area contributed by atoms with E-state index >= 15 is 0 Å². The van der Waals surface area contributed by atoms with Gasteiger partial charge in [0.05, 0.1) is 17.5 Å². The van der Waals surface area contributed by atoms with Gasteiger partial charge in [0.2, 0.25) is 4.96 Å². The highest BCUT2D eigenvalue weighted by Crippen LogP contribution is 2.32. The Kier molecular flexibility index (Phi) is 9.13. The molecule has 0 spiro atoms. The molecule has 236 valence electrons. The zero-order chi connectivity index (χ0) is 31.3. The number of aromatic nitrogens is 6. The van der Waals surface area contributed by atoms with Gasteiger partial charge in [0.25, 0.3) is 0 Å². The Labute approximate surface area is 271 Å². The average Bonchev–Trinajstić information content (AvgIpc) is 3.81. The number of carbonyl (C=O) groups excluding carboxylic acids is 1. The van der Waals surface area contributed by atoms with E-state index in [1.165, 1.54) is 63.7 Å². The lowest BCUT2D eigenvalue weighted by molar-refractivity contribution is 0.0409. The number of likely N-dealkylation sites (tertiary alicyclic amines) is 1. The molecule has 0 aliphatic carbocycles. The van der Waals surface area contributed by atoms with Gasteiger partial charge in [-0.1, -0.05) is 77.6 Å². The van der Waals surface area contributed by atoms with Crippen molar-refractivity contribution in [1.29, 1.82) is 0 Å². The van der Waals surface area contributed by atoms with Crippen LogP contribution in [0.4, 0.5) is 0 Å². The normalized spacial score (nSPS) is 14.4. The van der Waals surface area contributed by atoms with Gasteiger partial charge < -0.3 is 14.5 Å². The lowest BCUT2D eigenvalue weighted by Crippen LogP contribution is -2.33. The van der Waals surface area contributed by atoms with E-state index in [1.54, 1.807) is 36.6 Å². The molecule has 0 bridgehead atoms. The predicted octanol–water partition coefficient (Wildman–Crippen LogP) is 6.52. The lowest BCUT2D eigenvalue weighted by Gasteiger charge is -2.32. The van der Waals surface area contributed by atoms with E-state index in [1.807, 2.05) is 41.0 Å². The molecule has 10 nitrogen and oxygen atoms in total. The summed E-state index contributed by atoms with van der Waals surface area (Å²) < 4.78 is 6.98. The molecule has 0 radical (unpaired) electrons. The van der Waals surface area contributed by atoms with E-state index in [9.17, 15) is 4.79 Å². The number of carbonyl (C=O) groups is 1. The summed E-state index contributed by atoms with van der Waals surface area (Å²) in [5, 5.41) is 13.7. The third-order valence-electron chi connectivity index (χ3n) is 8.74. The number of imidazole rings is 1. The number of nitrogens with zero attached hydrogens (tertiary/aromatic N) is 7. The zero-order valence-corrected chi connectivity index (χ0v) is 26.7. The van der Waals surface area contributed by atoms with E-state index in [0.29, 0.717) is 22.5 Å². The van der Waals surface area contributed by atoms with Gasteiger partial charge in [-0.25, -0.2) is 14.3 Å². The van der Waals surface area contributed by atoms with Gasteiger partial charge in [-0.05, 0) is 86.3 Å². The number of fused-ring (bicyclic) bond motifs is 2. The number of unbranched alkanes of at least 4 members (excludes halogenated alkanes) is 3. The van der Waals surface area contributed by atoms with E-state index < -0.39 is 5.97 Å². The standard InChI is InChI=1S/C35H37N7O3S/c1-44-23-7-3-2-6-20-40-21-18-26(19-22-40)25-10-14-28(15-11-25)33-38-41-24-31(36-35(41)46-33)27-12-16-29(17-13-27)34(43)45-42-32-9-5-4-8-30(32)37-39-42/h4-5,8-17,24,26H,2-3,6-7,18-23H2,1H3. The number of para-hydroxylation sites is 1. The van der Waals surface area contributed by atoms with Crippen LogP contribution in [-0.4, -0.2) is 74.0 Å². The summed E-state index contributed by atoms with van der Waals surface area (Å²) in [6, 6.07) is 23.4. The van der Waals surface area contributed by atoms with Crippen LogP contribution in [0.5, 0.6) is 0 Å². The maximum atomic E-state index is 12.7. The molecule has 6 aromatic rings. The fraction of sp³-hybridized carbons (Fsp3) is 0.343. The van der Waals surface area contributed by atoms with E-state index in [-0.39, 0.29) is 0 Å². The molecule has 7 rings (SSSR count). The summed E-state index contributed by atoms with van der Waals surface area (Å²) >= 11 is 1.57. The van der Waals surface area contributed by atoms with Gasteiger partial charge in [-0.2, -0.15) is 5.10 Å². The SMILES string of the molecule is COCCCCCCN1CCC(c2ccc(-c3nn4cc(-c5ccc(C(=O)On6nnc7ccccc76)cc5)nc4s3)cc2)CC1. The molecule has 1 saturated heterocycles. The summed E-state index contributed by atoms with van der Waals surface area (Å²) in [5.41, 5.74) is 5.90. The van der Waals surface area contributed by atoms with Crippen LogP contribution in [0.3, 0.4) is 0 Å². The Morgan fingerprint density at radius 1 is 0.913 bits per heavy atom. The van der Waals surface area contributed by atoms with Crippen molar-refractivity contribution < 1.29 is 14.4 Å². The molecule has 0 N–H and O–H groups in total. The lowest BCUT2D eigenvalue weighted by atomic mass is 9.89. The Bertz CT molecular complexity index is 1870. The molecule has 0 unspecified atom stereocenters. The maximum Gasteiger partial charge on any atom is 0.365 e. The number of rotatable bonds is 12. The number of ether oxygens (including phenoxy) is 1. The molecule has 0 amide bonds. The topological polar surface area (TPSA) is 99.7 Å². The van der Waals surface area contributed by atoms with Gasteiger partial charge >= 0.3 is 5.97 Å². The first-order valence-electron chi connectivity index (χ1n) is 16.0. The summed E-state index contributed by atoms with van der Waals surface area (Å²) in [5.74, 6) is 0.106. The van der Waals surface area contributed by atoms with Crippen molar-refractivity contribution >= 4 is 33.3 Å². The number of benzene rings is 3. The molecular formula is C35H37N7O3S. The summed E-state index contributed by atoms with van der Waals surface area (Å²) in [4.78, 5) is 27.6. The minimum atomic E-state index is -0.518. The Balaban J connectivity index is 0.934. The minimum Gasteiger partial charge on any atom is -0.385 e. The summed E-state index contributed by atoms with van der Waals surface area (Å²) in [7, 11) is 1.78. The zero-order valence-electron chi connectivity index (χ0n) is 25.9. The minimum absolute atomic E-state index is 0.406. The van der Waals surface area contributed by atoms with Crippen LogP contribution >= 0.6 is 11.3 Å². The van der Waals surface area contributed by atoms with Crippen LogP contribution in [0.15, 0.2) is 79.0 Å². The van der Waals surface area contributed by atoms with Crippen molar-refractivity contribution in [3.63, 3.8) is 0 Å². The Morgan fingerprint density at radius 2 is 1.67 bits per heavy atom. The molecule has 0 atom stereocenters. The molecule has 0 saturated carbocycles. The van der Waals surface area contributed by atoms with E-state index in [4.69, 9.17) is 19.7 Å². The molecule has 3 aromatic heterocycles. The molecular weight excluding hydrogens is 598 g/mol. The van der Waals surface area contributed by atoms with Crippen LogP contribution in [0.1, 0.15) is 60.4 Å². The fourth-order valence-corrected chi connectivity index (χ4v) is 6.99. The number of hydrogen-bond donors (Lipinski definition) is 0. The Hall–Kier alpha value is -4.45. The molecule has 46 heavy (non-hydrogen) atoms. The van der Waals surface area contributed by atoms with Gasteiger partial charge in [-0.3, -0.25) is 0 Å². The quantitative estimate of drug-likeness (QED) is 0.111. The number of piperidine rings is 1. The van der Waals surface area contributed by atoms with Crippen molar-refractivity contribution in [3.05, 3.63) is 90.1 Å². The summed E-state index contributed by atoms with van der Waals surface area (Å²) in [6.07, 6.45) is 9.38. The van der Waals surface area contributed by atoms with Crippen LogP contribution in [0.25, 0.3) is 37.8 Å². The van der Waals surface area contributed by atoms with Crippen molar-refractivity contribution in [2.45, 2.75) is 44.4 Å². The fourth-order valence-electron chi connectivity index (χ4n) is 6.10. The van der Waals surface area contributed by atoms with Crippen molar-refractivity contribution in [2.24, 2.45) is 0 Å². The van der Waals surface area contributed by atoms with Crippen molar-refractivity contribution in [1.82, 2.24) is 34.7 Å². The first-order chi connectivity index (χ1) is 22.6. The Morgan fingerprint density at radius 3 is 2.46 bits per heavy atom. The maximum absolute atomic E-state index is 12.7. The average molecular weight is 636 g/mol. The van der Waals surface area contributed by atoms with Gasteiger partial charge in [-0.15, -0.1) is 5.10 Å². The molecule has 1 fully saturated rings. The predicted molar refractivity (Wildman–Crippen MR) is 179 cm³/mol. The van der Waals surface area contributed by atoms with Gasteiger partial charge in [0, 0.05) is 24.8 Å². The second-order valence-corrected chi connectivity index (χ2v) is 12.8. The van der Waals surface area contributed by atoms with Gasteiger partial charge in [0.15, 0.2) is 0 Å². The highest BCUT2D eigenvalue weighted by molar-refractivity contribution is 7.19. The van der Waals surface area contributed by atoms with Crippen LogP contribution < -0.4 is 4.84 Å². The second kappa shape index (κ2) is 13.9. The van der Waals surface area contributed by atoms with E-state index in [2.05, 4.69) is 39.5 Å². The molecule has 4 heterocycles. The largest absolute Gasteiger partial charge is 0.385 e. The van der Waals surface area contributed by atoms with Crippen molar-refractivity contribution in [3.8, 4) is 21.8 Å².